The third kappa shape index (κ3) is 2.47. The van der Waals surface area contributed by atoms with Crippen molar-refractivity contribution in [2.45, 2.75) is 6.54 Å². The molecule has 0 bridgehead atoms. The molecule has 3 nitrogen and oxygen atoms in total. The number of hydrogen-bond acceptors (Lipinski definition) is 2. The number of aromatic amines is 1. The molecular formula is C10H9ClFN3. The van der Waals surface area contributed by atoms with Crippen LogP contribution < -0.4 is 5.32 Å². The lowest BCUT2D eigenvalue weighted by molar-refractivity contribution is 0.627. The molecule has 1 aromatic heterocycles. The Morgan fingerprint density at radius 2 is 2.33 bits per heavy atom. The van der Waals surface area contributed by atoms with Crippen molar-refractivity contribution in [1.82, 2.24) is 10.2 Å². The summed E-state index contributed by atoms with van der Waals surface area (Å²) in [6.07, 6.45) is 3.41. The standard InChI is InChI=1S/C10H9ClFN3/c11-9-3-7(1-2-10(9)12)4-13-8-5-14-15-6-8/h1-3,5-6,13H,4H2,(H,14,15). The summed E-state index contributed by atoms with van der Waals surface area (Å²) in [6.45, 7) is 0.583. The molecule has 2 rings (SSSR count). The highest BCUT2D eigenvalue weighted by molar-refractivity contribution is 6.30. The number of aromatic nitrogens is 2. The van der Waals surface area contributed by atoms with Crippen molar-refractivity contribution < 1.29 is 4.39 Å². The van der Waals surface area contributed by atoms with Crippen molar-refractivity contribution >= 4 is 17.3 Å². The molecule has 5 heteroatoms. The Kier molecular flexibility index (Phi) is 2.87. The zero-order valence-electron chi connectivity index (χ0n) is 7.80. The van der Waals surface area contributed by atoms with Crippen molar-refractivity contribution in [2.24, 2.45) is 0 Å². The Labute approximate surface area is 91.3 Å². The third-order valence-corrected chi connectivity index (χ3v) is 2.27. The van der Waals surface area contributed by atoms with Crippen LogP contribution in [-0.2, 0) is 6.54 Å². The molecule has 2 aromatic rings. The maximum absolute atomic E-state index is 12.8. The molecule has 0 amide bonds. The minimum absolute atomic E-state index is 0.140. The fourth-order valence-electron chi connectivity index (χ4n) is 1.20. The van der Waals surface area contributed by atoms with Gasteiger partial charge in [0.15, 0.2) is 0 Å². The monoisotopic (exact) mass is 225 g/mol. The first-order valence-electron chi connectivity index (χ1n) is 4.42. The van der Waals surface area contributed by atoms with Gasteiger partial charge in [-0.15, -0.1) is 0 Å². The minimum Gasteiger partial charge on any atom is -0.378 e. The van der Waals surface area contributed by atoms with Gasteiger partial charge in [0.1, 0.15) is 5.82 Å². The molecule has 0 unspecified atom stereocenters. The van der Waals surface area contributed by atoms with Crippen molar-refractivity contribution in [3.05, 3.63) is 47.0 Å². The number of nitrogens with one attached hydrogen (secondary N) is 2. The van der Waals surface area contributed by atoms with E-state index in [-0.39, 0.29) is 5.02 Å². The summed E-state index contributed by atoms with van der Waals surface area (Å²) in [7, 11) is 0. The molecule has 15 heavy (non-hydrogen) atoms. The fraction of sp³-hybridized carbons (Fsp3) is 0.100. The van der Waals surface area contributed by atoms with Crippen molar-refractivity contribution in [3.63, 3.8) is 0 Å². The molecule has 0 atom stereocenters. The molecule has 0 saturated heterocycles. The normalized spacial score (nSPS) is 10.3. The van der Waals surface area contributed by atoms with Gasteiger partial charge in [-0.05, 0) is 17.7 Å². The molecule has 0 spiro atoms. The Hall–Kier alpha value is -1.55. The molecule has 0 saturated carbocycles. The average molecular weight is 226 g/mol. The third-order valence-electron chi connectivity index (χ3n) is 1.98. The van der Waals surface area contributed by atoms with E-state index in [9.17, 15) is 4.39 Å². The van der Waals surface area contributed by atoms with Gasteiger partial charge in [-0.2, -0.15) is 5.10 Å². The Morgan fingerprint density at radius 1 is 1.47 bits per heavy atom. The maximum atomic E-state index is 12.8. The van der Waals surface area contributed by atoms with Crippen LogP contribution >= 0.6 is 11.6 Å². The molecule has 1 aromatic carbocycles. The van der Waals surface area contributed by atoms with Gasteiger partial charge >= 0.3 is 0 Å². The summed E-state index contributed by atoms with van der Waals surface area (Å²) < 4.78 is 12.8. The summed E-state index contributed by atoms with van der Waals surface area (Å²) in [6, 6.07) is 4.65. The fourth-order valence-corrected chi connectivity index (χ4v) is 1.40. The molecule has 0 radical (unpaired) electrons. The highest BCUT2D eigenvalue weighted by Crippen LogP contribution is 2.16. The van der Waals surface area contributed by atoms with E-state index in [0.29, 0.717) is 6.54 Å². The lowest BCUT2D eigenvalue weighted by Crippen LogP contribution is -1.98. The zero-order chi connectivity index (χ0) is 10.7. The number of H-pyrrole nitrogens is 1. The van der Waals surface area contributed by atoms with Crippen molar-refractivity contribution in [3.8, 4) is 0 Å². The first-order chi connectivity index (χ1) is 7.25. The van der Waals surface area contributed by atoms with E-state index >= 15 is 0 Å². The van der Waals surface area contributed by atoms with Crippen LogP contribution in [0.1, 0.15) is 5.56 Å². The first-order valence-corrected chi connectivity index (χ1v) is 4.80. The van der Waals surface area contributed by atoms with Crippen LogP contribution in [0.5, 0.6) is 0 Å². The molecule has 1 heterocycles. The van der Waals surface area contributed by atoms with Crippen molar-refractivity contribution in [1.29, 1.82) is 0 Å². The van der Waals surface area contributed by atoms with Crippen LogP contribution in [0.3, 0.4) is 0 Å². The van der Waals surface area contributed by atoms with Crippen LogP contribution in [0.4, 0.5) is 10.1 Å². The lowest BCUT2D eigenvalue weighted by atomic mass is 10.2. The highest BCUT2D eigenvalue weighted by atomic mass is 35.5. The summed E-state index contributed by atoms with van der Waals surface area (Å²) in [5.74, 6) is -0.399. The Balaban J connectivity index is 2.02. The molecule has 2 N–H and O–H groups in total. The van der Waals surface area contributed by atoms with E-state index in [1.54, 1.807) is 24.5 Å². The summed E-state index contributed by atoms with van der Waals surface area (Å²) in [4.78, 5) is 0. The second-order valence-corrected chi connectivity index (χ2v) is 3.50. The number of benzene rings is 1. The topological polar surface area (TPSA) is 40.7 Å². The second-order valence-electron chi connectivity index (χ2n) is 3.09. The molecule has 0 fully saturated rings. The van der Waals surface area contributed by atoms with E-state index in [1.807, 2.05) is 0 Å². The van der Waals surface area contributed by atoms with Gasteiger partial charge < -0.3 is 5.32 Å². The van der Waals surface area contributed by atoms with E-state index in [1.165, 1.54) is 6.07 Å². The van der Waals surface area contributed by atoms with Crippen LogP contribution in [-0.4, -0.2) is 10.2 Å². The Morgan fingerprint density at radius 3 is 3.00 bits per heavy atom. The second kappa shape index (κ2) is 4.31. The van der Waals surface area contributed by atoms with E-state index in [2.05, 4.69) is 15.5 Å². The average Bonchev–Trinajstić information content (AvgIpc) is 2.73. The summed E-state index contributed by atoms with van der Waals surface area (Å²) in [5, 5.41) is 9.73. The van der Waals surface area contributed by atoms with Crippen LogP contribution in [0.2, 0.25) is 5.02 Å². The number of halogens is 2. The van der Waals surface area contributed by atoms with E-state index in [0.717, 1.165) is 11.3 Å². The zero-order valence-corrected chi connectivity index (χ0v) is 8.55. The van der Waals surface area contributed by atoms with Crippen LogP contribution in [0.15, 0.2) is 30.6 Å². The maximum Gasteiger partial charge on any atom is 0.141 e. The summed E-state index contributed by atoms with van der Waals surface area (Å²) in [5.41, 5.74) is 1.80. The van der Waals surface area contributed by atoms with Crippen molar-refractivity contribution in [2.75, 3.05) is 5.32 Å². The van der Waals surface area contributed by atoms with Gasteiger partial charge in [0, 0.05) is 12.7 Å². The molecule has 0 aliphatic carbocycles. The largest absolute Gasteiger partial charge is 0.378 e. The first kappa shape index (κ1) is 9.98. The van der Waals surface area contributed by atoms with Gasteiger partial charge in [0.05, 0.1) is 16.9 Å². The predicted molar refractivity (Wildman–Crippen MR) is 57.3 cm³/mol. The SMILES string of the molecule is Fc1ccc(CNc2cn[nH]c2)cc1Cl. The summed E-state index contributed by atoms with van der Waals surface area (Å²) >= 11 is 5.65. The lowest BCUT2D eigenvalue weighted by Gasteiger charge is -2.04. The quantitative estimate of drug-likeness (QED) is 0.843. The predicted octanol–water partition coefficient (Wildman–Crippen LogP) is 2.81. The molecular weight excluding hydrogens is 217 g/mol. The number of nitrogens with zero attached hydrogens (tertiary/aromatic N) is 1. The highest BCUT2D eigenvalue weighted by Gasteiger charge is 2.00. The van der Waals surface area contributed by atoms with Gasteiger partial charge in [-0.1, -0.05) is 17.7 Å². The number of rotatable bonds is 3. The number of hydrogen-bond donors (Lipinski definition) is 2. The van der Waals surface area contributed by atoms with E-state index in [4.69, 9.17) is 11.6 Å². The van der Waals surface area contributed by atoms with Crippen LogP contribution in [0, 0.1) is 5.82 Å². The van der Waals surface area contributed by atoms with Gasteiger partial charge in [0.25, 0.3) is 0 Å². The molecule has 0 aliphatic heterocycles. The minimum atomic E-state index is -0.399. The number of anilines is 1. The molecule has 78 valence electrons. The van der Waals surface area contributed by atoms with Crippen LogP contribution in [0.25, 0.3) is 0 Å². The Bertz CT molecular complexity index is 442. The van der Waals surface area contributed by atoms with Gasteiger partial charge in [-0.3, -0.25) is 5.10 Å². The van der Waals surface area contributed by atoms with Gasteiger partial charge in [0.2, 0.25) is 0 Å². The van der Waals surface area contributed by atoms with Gasteiger partial charge in [-0.25, -0.2) is 4.39 Å². The van der Waals surface area contributed by atoms with E-state index < -0.39 is 5.82 Å². The smallest absolute Gasteiger partial charge is 0.141 e. The molecule has 0 aliphatic rings.